The average molecular weight is 438 g/mol. The van der Waals surface area contributed by atoms with E-state index in [2.05, 4.69) is 48.6 Å². The van der Waals surface area contributed by atoms with Gasteiger partial charge in [0.1, 0.15) is 0 Å². The minimum atomic E-state index is 0. The highest BCUT2D eigenvalue weighted by Gasteiger charge is 2.28. The van der Waals surface area contributed by atoms with Gasteiger partial charge in [-0.3, -0.25) is 9.79 Å². The minimum absolute atomic E-state index is 0. The van der Waals surface area contributed by atoms with E-state index in [0.29, 0.717) is 18.5 Å². The molecule has 5 nitrogen and oxygen atoms in total. The molecule has 0 bridgehead atoms. The molecule has 0 heterocycles. The highest BCUT2D eigenvalue weighted by atomic mass is 127. The molecule has 1 saturated carbocycles. The SMILES string of the molecule is CCNC(=NCCCCC(C)(C)C)NCCNC(=O)C1CC1.I. The normalized spacial score (nSPS) is 14.9. The van der Waals surface area contributed by atoms with E-state index in [1.807, 2.05) is 0 Å². The van der Waals surface area contributed by atoms with Gasteiger partial charge in [0.15, 0.2) is 5.96 Å². The van der Waals surface area contributed by atoms with E-state index in [0.717, 1.165) is 38.3 Å². The van der Waals surface area contributed by atoms with Crippen molar-refractivity contribution in [1.82, 2.24) is 16.0 Å². The number of guanidine groups is 1. The van der Waals surface area contributed by atoms with Crippen LogP contribution in [0.3, 0.4) is 0 Å². The lowest BCUT2D eigenvalue weighted by Gasteiger charge is -2.17. The van der Waals surface area contributed by atoms with Crippen LogP contribution in [0.1, 0.15) is 59.8 Å². The fraction of sp³-hybridized carbons (Fsp3) is 0.882. The van der Waals surface area contributed by atoms with E-state index in [9.17, 15) is 4.79 Å². The van der Waals surface area contributed by atoms with Crippen LogP contribution in [0.2, 0.25) is 0 Å². The fourth-order valence-corrected chi connectivity index (χ4v) is 2.16. The standard InChI is InChI=1S/C17H34N4O.HI/c1-5-18-16(20-11-7-6-10-17(2,3)4)21-13-12-19-15(22)14-8-9-14;/h14H,5-13H2,1-4H3,(H,19,22)(H2,18,20,21);1H. The molecule has 1 rings (SSSR count). The Kier molecular flexibility index (Phi) is 11.6. The third kappa shape index (κ3) is 12.5. The summed E-state index contributed by atoms with van der Waals surface area (Å²) in [4.78, 5) is 16.1. The first-order valence-corrected chi connectivity index (χ1v) is 8.72. The molecule has 0 aliphatic heterocycles. The Hall–Kier alpha value is -0.530. The second kappa shape index (κ2) is 11.9. The third-order valence-electron chi connectivity index (χ3n) is 3.61. The molecule has 136 valence electrons. The van der Waals surface area contributed by atoms with Crippen LogP contribution < -0.4 is 16.0 Å². The molecule has 0 saturated heterocycles. The zero-order valence-electron chi connectivity index (χ0n) is 15.2. The number of hydrogen-bond acceptors (Lipinski definition) is 2. The van der Waals surface area contributed by atoms with Crippen molar-refractivity contribution in [2.75, 3.05) is 26.2 Å². The van der Waals surface area contributed by atoms with E-state index in [-0.39, 0.29) is 35.8 Å². The van der Waals surface area contributed by atoms with Gasteiger partial charge < -0.3 is 16.0 Å². The molecule has 0 spiro atoms. The summed E-state index contributed by atoms with van der Waals surface area (Å²) in [7, 11) is 0. The number of nitrogens with zero attached hydrogens (tertiary/aromatic N) is 1. The zero-order chi connectivity index (χ0) is 16.4. The van der Waals surface area contributed by atoms with E-state index in [4.69, 9.17) is 0 Å². The van der Waals surface area contributed by atoms with Crippen LogP contribution in [-0.2, 0) is 4.79 Å². The molecule has 0 aromatic heterocycles. The number of halogens is 1. The summed E-state index contributed by atoms with van der Waals surface area (Å²) in [6.45, 7) is 12.0. The minimum Gasteiger partial charge on any atom is -0.357 e. The van der Waals surface area contributed by atoms with Crippen molar-refractivity contribution in [2.45, 2.75) is 59.8 Å². The topological polar surface area (TPSA) is 65.5 Å². The van der Waals surface area contributed by atoms with Crippen LogP contribution in [0, 0.1) is 11.3 Å². The molecule has 1 aliphatic rings. The monoisotopic (exact) mass is 438 g/mol. The number of rotatable bonds is 9. The lowest BCUT2D eigenvalue weighted by molar-refractivity contribution is -0.122. The molecule has 0 atom stereocenters. The molecule has 1 amide bonds. The molecule has 0 radical (unpaired) electrons. The van der Waals surface area contributed by atoms with Crippen LogP contribution in [0.5, 0.6) is 0 Å². The summed E-state index contributed by atoms with van der Waals surface area (Å²) in [5.74, 6) is 1.33. The highest BCUT2D eigenvalue weighted by molar-refractivity contribution is 14.0. The van der Waals surface area contributed by atoms with E-state index in [1.54, 1.807) is 0 Å². The van der Waals surface area contributed by atoms with Crippen molar-refractivity contribution in [3.05, 3.63) is 0 Å². The van der Waals surface area contributed by atoms with Gasteiger partial charge in [-0.05, 0) is 38.0 Å². The van der Waals surface area contributed by atoms with Crippen molar-refractivity contribution in [1.29, 1.82) is 0 Å². The fourth-order valence-electron chi connectivity index (χ4n) is 2.16. The predicted octanol–water partition coefficient (Wildman–Crippen LogP) is 2.90. The first kappa shape index (κ1) is 22.5. The van der Waals surface area contributed by atoms with Gasteiger partial charge in [-0.15, -0.1) is 24.0 Å². The second-order valence-corrected chi connectivity index (χ2v) is 7.27. The quantitative estimate of drug-likeness (QED) is 0.225. The van der Waals surface area contributed by atoms with Gasteiger partial charge in [0.25, 0.3) is 0 Å². The molecule has 0 unspecified atom stereocenters. The third-order valence-corrected chi connectivity index (χ3v) is 3.61. The Morgan fingerprint density at radius 1 is 1.09 bits per heavy atom. The Morgan fingerprint density at radius 3 is 2.30 bits per heavy atom. The van der Waals surface area contributed by atoms with Crippen molar-refractivity contribution in [2.24, 2.45) is 16.3 Å². The summed E-state index contributed by atoms with van der Waals surface area (Å²) in [5.41, 5.74) is 0.409. The second-order valence-electron chi connectivity index (χ2n) is 7.27. The zero-order valence-corrected chi connectivity index (χ0v) is 17.5. The number of unbranched alkanes of at least 4 members (excludes halogenated alkanes) is 1. The van der Waals surface area contributed by atoms with Crippen molar-refractivity contribution >= 4 is 35.8 Å². The Labute approximate surface area is 158 Å². The molecular weight excluding hydrogens is 403 g/mol. The lowest BCUT2D eigenvalue weighted by Crippen LogP contribution is -2.41. The number of aliphatic imine (C=N–C) groups is 1. The van der Waals surface area contributed by atoms with Gasteiger partial charge in [-0.1, -0.05) is 27.2 Å². The van der Waals surface area contributed by atoms with E-state index in [1.165, 1.54) is 12.8 Å². The van der Waals surface area contributed by atoms with Crippen LogP contribution in [0.25, 0.3) is 0 Å². The largest absolute Gasteiger partial charge is 0.357 e. The van der Waals surface area contributed by atoms with Gasteiger partial charge in [-0.25, -0.2) is 0 Å². The smallest absolute Gasteiger partial charge is 0.223 e. The van der Waals surface area contributed by atoms with Crippen molar-refractivity contribution in [3.8, 4) is 0 Å². The molecule has 3 N–H and O–H groups in total. The molecule has 0 aromatic carbocycles. The molecule has 1 fully saturated rings. The van der Waals surface area contributed by atoms with Crippen LogP contribution in [0.15, 0.2) is 4.99 Å². The Morgan fingerprint density at radius 2 is 1.74 bits per heavy atom. The molecule has 6 heteroatoms. The highest BCUT2D eigenvalue weighted by Crippen LogP contribution is 2.28. The Balaban J connectivity index is 0.00000484. The molecular formula is C17H35IN4O. The maximum absolute atomic E-state index is 11.5. The molecule has 0 aromatic rings. The number of hydrogen-bond donors (Lipinski definition) is 3. The molecule has 23 heavy (non-hydrogen) atoms. The van der Waals surface area contributed by atoms with Gasteiger partial charge in [0.2, 0.25) is 5.91 Å². The van der Waals surface area contributed by atoms with Gasteiger partial charge in [0, 0.05) is 32.1 Å². The predicted molar refractivity (Wildman–Crippen MR) is 108 cm³/mol. The van der Waals surface area contributed by atoms with Gasteiger partial charge in [-0.2, -0.15) is 0 Å². The number of carbonyl (C=O) groups excluding carboxylic acids is 1. The summed E-state index contributed by atoms with van der Waals surface area (Å²) < 4.78 is 0. The first-order chi connectivity index (χ1) is 10.4. The maximum Gasteiger partial charge on any atom is 0.223 e. The van der Waals surface area contributed by atoms with Crippen LogP contribution in [-0.4, -0.2) is 38.0 Å². The van der Waals surface area contributed by atoms with Gasteiger partial charge >= 0.3 is 0 Å². The van der Waals surface area contributed by atoms with Crippen LogP contribution >= 0.6 is 24.0 Å². The van der Waals surface area contributed by atoms with Crippen molar-refractivity contribution < 1.29 is 4.79 Å². The summed E-state index contributed by atoms with van der Waals surface area (Å²) >= 11 is 0. The van der Waals surface area contributed by atoms with E-state index < -0.39 is 0 Å². The first-order valence-electron chi connectivity index (χ1n) is 8.72. The van der Waals surface area contributed by atoms with Crippen LogP contribution in [0.4, 0.5) is 0 Å². The average Bonchev–Trinajstić information content (AvgIpc) is 3.26. The lowest BCUT2D eigenvalue weighted by atomic mass is 9.90. The summed E-state index contributed by atoms with van der Waals surface area (Å²) in [6.07, 6.45) is 5.67. The van der Waals surface area contributed by atoms with Gasteiger partial charge in [0.05, 0.1) is 0 Å². The maximum atomic E-state index is 11.5. The van der Waals surface area contributed by atoms with E-state index >= 15 is 0 Å². The number of nitrogens with one attached hydrogen (secondary N) is 3. The molecule has 1 aliphatic carbocycles. The summed E-state index contributed by atoms with van der Waals surface area (Å²) in [5, 5.41) is 9.46. The summed E-state index contributed by atoms with van der Waals surface area (Å²) in [6, 6.07) is 0. The number of amides is 1. The Bertz CT molecular complexity index is 362. The van der Waals surface area contributed by atoms with Crippen molar-refractivity contribution in [3.63, 3.8) is 0 Å². The number of carbonyl (C=O) groups is 1.